The first kappa shape index (κ1) is 26.5. The SMILES string of the molecule is CC1(C)c2ccccc2-c2cc3oc4cccc(-c5ccc(-c6nc(-c7ccccc7)nc(-c7ccccc7)n6)cc5)c4c3cc21. The molecule has 9 rings (SSSR count). The van der Waals surface area contributed by atoms with Crippen LogP contribution >= 0.6 is 0 Å². The van der Waals surface area contributed by atoms with Crippen LogP contribution in [0.2, 0.25) is 0 Å². The summed E-state index contributed by atoms with van der Waals surface area (Å²) in [6, 6.07) is 48.3. The predicted octanol–water partition coefficient (Wildman–Crippen LogP) is 10.7. The number of rotatable bonds is 4. The fourth-order valence-corrected chi connectivity index (χ4v) is 7.00. The van der Waals surface area contributed by atoms with Crippen molar-refractivity contribution in [2.24, 2.45) is 0 Å². The van der Waals surface area contributed by atoms with Crippen LogP contribution in [0.15, 0.2) is 144 Å². The van der Waals surface area contributed by atoms with Crippen LogP contribution in [0.3, 0.4) is 0 Å². The van der Waals surface area contributed by atoms with Crippen molar-refractivity contribution in [1.29, 1.82) is 0 Å². The van der Waals surface area contributed by atoms with Crippen LogP contribution in [0, 0.1) is 0 Å². The highest BCUT2D eigenvalue weighted by molar-refractivity contribution is 6.14. The van der Waals surface area contributed by atoms with Gasteiger partial charge in [-0.15, -0.1) is 0 Å². The molecule has 0 saturated carbocycles. The lowest BCUT2D eigenvalue weighted by Gasteiger charge is -2.21. The van der Waals surface area contributed by atoms with Crippen LogP contribution in [-0.2, 0) is 5.41 Å². The normalized spacial score (nSPS) is 13.2. The van der Waals surface area contributed by atoms with Gasteiger partial charge < -0.3 is 4.42 Å². The van der Waals surface area contributed by atoms with E-state index in [1.165, 1.54) is 22.3 Å². The molecule has 2 aromatic heterocycles. The highest BCUT2D eigenvalue weighted by Crippen LogP contribution is 2.51. The average Bonchev–Trinajstić information content (AvgIpc) is 3.59. The second-order valence-corrected chi connectivity index (χ2v) is 12.5. The molecule has 0 bridgehead atoms. The van der Waals surface area contributed by atoms with E-state index in [0.29, 0.717) is 17.5 Å². The molecular weight excluding hydrogens is 562 g/mol. The zero-order chi connectivity index (χ0) is 30.8. The lowest BCUT2D eigenvalue weighted by molar-refractivity contribution is 0.658. The predicted molar refractivity (Wildman–Crippen MR) is 186 cm³/mol. The zero-order valence-corrected chi connectivity index (χ0v) is 25.5. The Morgan fingerprint density at radius 2 is 0.978 bits per heavy atom. The molecule has 4 nitrogen and oxygen atoms in total. The minimum Gasteiger partial charge on any atom is -0.456 e. The number of nitrogens with zero attached hydrogens (tertiary/aromatic N) is 3. The Morgan fingerprint density at radius 3 is 1.63 bits per heavy atom. The quantitative estimate of drug-likeness (QED) is 0.204. The van der Waals surface area contributed by atoms with Gasteiger partial charge in [-0.05, 0) is 51.6 Å². The summed E-state index contributed by atoms with van der Waals surface area (Å²) < 4.78 is 6.50. The number of hydrogen-bond acceptors (Lipinski definition) is 4. The van der Waals surface area contributed by atoms with E-state index in [9.17, 15) is 0 Å². The number of aromatic nitrogens is 3. The molecule has 0 radical (unpaired) electrons. The van der Waals surface area contributed by atoms with E-state index in [1.54, 1.807) is 0 Å². The highest BCUT2D eigenvalue weighted by atomic mass is 16.3. The van der Waals surface area contributed by atoms with Gasteiger partial charge in [0.25, 0.3) is 0 Å². The van der Waals surface area contributed by atoms with E-state index >= 15 is 0 Å². The van der Waals surface area contributed by atoms with Crippen LogP contribution in [0.1, 0.15) is 25.0 Å². The van der Waals surface area contributed by atoms with Gasteiger partial charge >= 0.3 is 0 Å². The Morgan fingerprint density at radius 1 is 0.435 bits per heavy atom. The number of hydrogen-bond donors (Lipinski definition) is 0. The van der Waals surface area contributed by atoms with Crippen molar-refractivity contribution in [2.75, 3.05) is 0 Å². The molecule has 2 heterocycles. The third-order valence-electron chi connectivity index (χ3n) is 9.35. The second kappa shape index (κ2) is 10.1. The summed E-state index contributed by atoms with van der Waals surface area (Å²) in [6.07, 6.45) is 0. The van der Waals surface area contributed by atoms with Crippen molar-refractivity contribution in [3.8, 4) is 56.4 Å². The highest BCUT2D eigenvalue weighted by Gasteiger charge is 2.36. The van der Waals surface area contributed by atoms with Gasteiger partial charge in [-0.3, -0.25) is 0 Å². The Bertz CT molecular complexity index is 2370. The first-order chi connectivity index (χ1) is 22.5. The second-order valence-electron chi connectivity index (χ2n) is 12.5. The molecule has 0 N–H and O–H groups in total. The topological polar surface area (TPSA) is 51.8 Å². The summed E-state index contributed by atoms with van der Waals surface area (Å²) in [7, 11) is 0. The number of fused-ring (bicyclic) bond motifs is 6. The van der Waals surface area contributed by atoms with Crippen LogP contribution in [0.4, 0.5) is 0 Å². The van der Waals surface area contributed by atoms with E-state index in [-0.39, 0.29) is 5.41 Å². The Balaban J connectivity index is 1.16. The maximum Gasteiger partial charge on any atom is 0.164 e. The molecule has 0 fully saturated rings. The van der Waals surface area contributed by atoms with Crippen molar-refractivity contribution in [2.45, 2.75) is 19.3 Å². The fraction of sp³-hybridized carbons (Fsp3) is 0.0714. The van der Waals surface area contributed by atoms with Crippen molar-refractivity contribution >= 4 is 21.9 Å². The van der Waals surface area contributed by atoms with Crippen LogP contribution < -0.4 is 0 Å². The largest absolute Gasteiger partial charge is 0.456 e. The van der Waals surface area contributed by atoms with Crippen LogP contribution in [0.5, 0.6) is 0 Å². The van der Waals surface area contributed by atoms with E-state index in [1.807, 2.05) is 60.7 Å². The van der Waals surface area contributed by atoms with Gasteiger partial charge in [0, 0.05) is 32.9 Å². The molecule has 0 spiro atoms. The maximum absolute atomic E-state index is 6.50. The summed E-state index contributed by atoms with van der Waals surface area (Å²) >= 11 is 0. The summed E-state index contributed by atoms with van der Waals surface area (Å²) in [5, 5.41) is 2.28. The summed E-state index contributed by atoms with van der Waals surface area (Å²) in [6.45, 7) is 4.64. The van der Waals surface area contributed by atoms with Gasteiger partial charge in [0.05, 0.1) is 0 Å². The van der Waals surface area contributed by atoms with Gasteiger partial charge in [-0.25, -0.2) is 15.0 Å². The smallest absolute Gasteiger partial charge is 0.164 e. The van der Waals surface area contributed by atoms with E-state index in [0.717, 1.165) is 49.8 Å². The molecule has 8 aromatic rings. The Kier molecular flexibility index (Phi) is 5.81. The van der Waals surface area contributed by atoms with Crippen molar-refractivity contribution < 1.29 is 4.42 Å². The van der Waals surface area contributed by atoms with Crippen molar-refractivity contribution in [3.63, 3.8) is 0 Å². The number of benzene rings is 6. The van der Waals surface area contributed by atoms with E-state index in [2.05, 4.69) is 92.7 Å². The first-order valence-electron chi connectivity index (χ1n) is 15.6. The van der Waals surface area contributed by atoms with Crippen LogP contribution in [0.25, 0.3) is 78.4 Å². The summed E-state index contributed by atoms with van der Waals surface area (Å²) in [4.78, 5) is 14.7. The van der Waals surface area contributed by atoms with Gasteiger partial charge in [-0.2, -0.15) is 0 Å². The number of furan rings is 1. The van der Waals surface area contributed by atoms with Crippen LogP contribution in [-0.4, -0.2) is 15.0 Å². The standard InChI is InChI=1S/C42H29N3O/c1-42(2)34-18-10-9-16-31(34)32-25-37-33(24-35(32)42)38-30(17-11-19-36(38)46-37)26-20-22-29(23-21-26)41-44-39(27-12-5-3-6-13-27)43-40(45-41)28-14-7-4-8-15-28/h3-25H,1-2H3. The van der Waals surface area contributed by atoms with Gasteiger partial charge in [0.2, 0.25) is 0 Å². The lowest BCUT2D eigenvalue weighted by atomic mass is 9.82. The Labute approximate surface area is 267 Å². The zero-order valence-electron chi connectivity index (χ0n) is 25.5. The molecule has 0 unspecified atom stereocenters. The minimum atomic E-state index is -0.0813. The average molecular weight is 592 g/mol. The van der Waals surface area contributed by atoms with E-state index in [4.69, 9.17) is 19.4 Å². The molecule has 46 heavy (non-hydrogen) atoms. The molecule has 0 aliphatic heterocycles. The molecule has 4 heteroatoms. The van der Waals surface area contributed by atoms with Gasteiger partial charge in [0.1, 0.15) is 11.2 Å². The summed E-state index contributed by atoms with van der Waals surface area (Å²) in [5.41, 5.74) is 12.1. The molecular formula is C42H29N3O. The molecule has 1 aliphatic rings. The third kappa shape index (κ3) is 4.11. The fourth-order valence-electron chi connectivity index (χ4n) is 7.00. The van der Waals surface area contributed by atoms with Gasteiger partial charge in [-0.1, -0.05) is 135 Å². The molecule has 1 aliphatic carbocycles. The molecule has 0 atom stereocenters. The van der Waals surface area contributed by atoms with Crippen molar-refractivity contribution in [1.82, 2.24) is 15.0 Å². The summed E-state index contributed by atoms with van der Waals surface area (Å²) in [5.74, 6) is 1.95. The lowest BCUT2D eigenvalue weighted by Crippen LogP contribution is -2.14. The molecule has 6 aromatic carbocycles. The monoisotopic (exact) mass is 591 g/mol. The molecule has 0 amide bonds. The van der Waals surface area contributed by atoms with E-state index < -0.39 is 0 Å². The maximum atomic E-state index is 6.50. The molecule has 0 saturated heterocycles. The first-order valence-corrected chi connectivity index (χ1v) is 15.6. The molecule has 218 valence electrons. The minimum absolute atomic E-state index is 0.0813. The Hall–Kier alpha value is -5.87. The van der Waals surface area contributed by atoms with Crippen molar-refractivity contribution in [3.05, 3.63) is 151 Å². The third-order valence-corrected chi connectivity index (χ3v) is 9.35. The van der Waals surface area contributed by atoms with Gasteiger partial charge in [0.15, 0.2) is 17.5 Å².